The van der Waals surface area contributed by atoms with Gasteiger partial charge in [0.25, 0.3) is 0 Å². The minimum absolute atomic E-state index is 0.336. The lowest BCUT2D eigenvalue weighted by Gasteiger charge is -2.11. The predicted molar refractivity (Wildman–Crippen MR) is 89.4 cm³/mol. The van der Waals surface area contributed by atoms with E-state index in [2.05, 4.69) is 40.2 Å². The van der Waals surface area contributed by atoms with E-state index in [9.17, 15) is 5.11 Å². The zero-order valence-corrected chi connectivity index (χ0v) is 12.5. The molecule has 2 N–H and O–H groups in total. The third kappa shape index (κ3) is 2.38. The number of aromatic nitrogens is 1. The molecule has 0 aliphatic carbocycles. The Labute approximate surface area is 130 Å². The van der Waals surface area contributed by atoms with E-state index in [0.29, 0.717) is 5.75 Å². The van der Waals surface area contributed by atoms with Gasteiger partial charge in [-0.1, -0.05) is 30.3 Å². The van der Waals surface area contributed by atoms with Gasteiger partial charge < -0.3 is 15.0 Å². The lowest BCUT2D eigenvalue weighted by Crippen LogP contribution is -2.17. The smallest absolute Gasteiger partial charge is 0.115 e. The van der Waals surface area contributed by atoms with Crippen molar-refractivity contribution in [2.75, 3.05) is 13.1 Å². The molecular formula is C19H20N2O. The minimum atomic E-state index is 0.336. The topological polar surface area (TPSA) is 37.2 Å². The molecule has 112 valence electrons. The summed E-state index contributed by atoms with van der Waals surface area (Å²) in [5.41, 5.74) is 5.25. The number of benzene rings is 2. The van der Waals surface area contributed by atoms with Crippen molar-refractivity contribution in [3.05, 3.63) is 65.4 Å². The number of hydrogen-bond acceptors (Lipinski definition) is 2. The van der Waals surface area contributed by atoms with Gasteiger partial charge in [-0.25, -0.2) is 0 Å². The molecule has 2 aromatic carbocycles. The van der Waals surface area contributed by atoms with Crippen molar-refractivity contribution in [1.29, 1.82) is 0 Å². The Morgan fingerprint density at radius 1 is 1.05 bits per heavy atom. The van der Waals surface area contributed by atoms with Crippen LogP contribution in [0.1, 0.15) is 16.8 Å². The fourth-order valence-electron chi connectivity index (χ4n) is 3.48. The van der Waals surface area contributed by atoms with Gasteiger partial charge in [0, 0.05) is 37.1 Å². The first-order valence-corrected chi connectivity index (χ1v) is 7.90. The lowest BCUT2D eigenvalue weighted by molar-refractivity contribution is 0.474. The van der Waals surface area contributed by atoms with Crippen LogP contribution in [0.15, 0.2) is 48.5 Å². The first-order valence-electron chi connectivity index (χ1n) is 7.90. The zero-order chi connectivity index (χ0) is 14.9. The average molecular weight is 292 g/mol. The summed E-state index contributed by atoms with van der Waals surface area (Å²) >= 11 is 0. The summed E-state index contributed by atoms with van der Waals surface area (Å²) in [4.78, 5) is 0. The van der Waals surface area contributed by atoms with Gasteiger partial charge in [0.15, 0.2) is 0 Å². The molecule has 1 aliphatic heterocycles. The maximum Gasteiger partial charge on any atom is 0.115 e. The molecule has 0 amide bonds. The Morgan fingerprint density at radius 3 is 2.86 bits per heavy atom. The molecule has 0 fully saturated rings. The van der Waals surface area contributed by atoms with E-state index in [1.165, 1.54) is 22.2 Å². The molecule has 2 heterocycles. The molecule has 0 saturated heterocycles. The van der Waals surface area contributed by atoms with Gasteiger partial charge in [0.1, 0.15) is 5.75 Å². The van der Waals surface area contributed by atoms with Gasteiger partial charge in [0.05, 0.1) is 5.52 Å². The highest BCUT2D eigenvalue weighted by atomic mass is 16.3. The van der Waals surface area contributed by atoms with Gasteiger partial charge in [-0.05, 0) is 35.7 Å². The van der Waals surface area contributed by atoms with E-state index in [-0.39, 0.29) is 0 Å². The predicted octanol–water partition coefficient (Wildman–Crippen LogP) is 3.08. The minimum Gasteiger partial charge on any atom is -0.508 e. The molecule has 0 atom stereocenters. The summed E-state index contributed by atoms with van der Waals surface area (Å²) in [6.45, 7) is 3.10. The van der Waals surface area contributed by atoms with Crippen molar-refractivity contribution < 1.29 is 5.11 Å². The Bertz CT molecular complexity index is 819. The Balaban J connectivity index is 1.82. The summed E-state index contributed by atoms with van der Waals surface area (Å²) in [5.74, 6) is 0.336. The second-order valence-corrected chi connectivity index (χ2v) is 5.99. The molecular weight excluding hydrogens is 272 g/mol. The Morgan fingerprint density at radius 2 is 1.95 bits per heavy atom. The van der Waals surface area contributed by atoms with Crippen LogP contribution in [0.25, 0.3) is 10.9 Å². The van der Waals surface area contributed by atoms with Gasteiger partial charge in [-0.3, -0.25) is 0 Å². The molecule has 3 heteroatoms. The van der Waals surface area contributed by atoms with Crippen molar-refractivity contribution in [2.45, 2.75) is 19.4 Å². The summed E-state index contributed by atoms with van der Waals surface area (Å²) in [5, 5.41) is 14.5. The lowest BCUT2D eigenvalue weighted by atomic mass is 10.0. The molecule has 0 saturated carbocycles. The second-order valence-electron chi connectivity index (χ2n) is 5.99. The maximum atomic E-state index is 9.68. The first kappa shape index (κ1) is 13.4. The summed E-state index contributed by atoms with van der Waals surface area (Å²) in [7, 11) is 0. The number of aromatic hydroxyl groups is 1. The van der Waals surface area contributed by atoms with E-state index < -0.39 is 0 Å². The van der Waals surface area contributed by atoms with E-state index in [1.807, 2.05) is 12.1 Å². The normalized spacial score (nSPS) is 14.7. The second kappa shape index (κ2) is 5.50. The highest BCUT2D eigenvalue weighted by Gasteiger charge is 2.14. The number of nitrogens with one attached hydrogen (secondary N) is 1. The van der Waals surface area contributed by atoms with Crippen LogP contribution in [0.4, 0.5) is 0 Å². The summed E-state index contributed by atoms with van der Waals surface area (Å²) < 4.78 is 2.47. The molecule has 3 aromatic rings. The number of hydrogen-bond donors (Lipinski definition) is 2. The SMILES string of the molecule is Oc1cccc(Cc2cccc3cc4n(c23)CCNCC4)c1. The molecule has 22 heavy (non-hydrogen) atoms. The van der Waals surface area contributed by atoms with E-state index in [1.54, 1.807) is 6.07 Å². The molecule has 0 spiro atoms. The van der Waals surface area contributed by atoms with Gasteiger partial charge in [-0.15, -0.1) is 0 Å². The van der Waals surface area contributed by atoms with Crippen LogP contribution in [0, 0.1) is 0 Å². The number of rotatable bonds is 2. The molecule has 0 radical (unpaired) electrons. The van der Waals surface area contributed by atoms with Crippen LogP contribution >= 0.6 is 0 Å². The fourth-order valence-corrected chi connectivity index (χ4v) is 3.48. The number of phenolic OH excluding ortho intramolecular Hbond substituents is 1. The third-order valence-corrected chi connectivity index (χ3v) is 4.46. The zero-order valence-electron chi connectivity index (χ0n) is 12.5. The van der Waals surface area contributed by atoms with Crippen LogP contribution in [0.3, 0.4) is 0 Å². The highest BCUT2D eigenvalue weighted by Crippen LogP contribution is 2.27. The maximum absolute atomic E-state index is 9.68. The molecule has 3 nitrogen and oxygen atoms in total. The molecule has 0 bridgehead atoms. The van der Waals surface area contributed by atoms with Crippen molar-refractivity contribution in [3.63, 3.8) is 0 Å². The van der Waals surface area contributed by atoms with Crippen molar-refractivity contribution in [1.82, 2.24) is 9.88 Å². The monoisotopic (exact) mass is 292 g/mol. The summed E-state index contributed by atoms with van der Waals surface area (Å²) in [6.07, 6.45) is 1.93. The first-order chi connectivity index (χ1) is 10.8. The Kier molecular flexibility index (Phi) is 3.35. The van der Waals surface area contributed by atoms with Crippen LogP contribution in [-0.2, 0) is 19.4 Å². The highest BCUT2D eigenvalue weighted by molar-refractivity contribution is 5.85. The quantitative estimate of drug-likeness (QED) is 0.761. The molecule has 0 unspecified atom stereocenters. The molecule has 1 aliphatic rings. The summed E-state index contributed by atoms with van der Waals surface area (Å²) in [6, 6.07) is 16.4. The fraction of sp³-hybridized carbons (Fsp3) is 0.263. The Hall–Kier alpha value is -2.26. The van der Waals surface area contributed by atoms with E-state index in [0.717, 1.165) is 38.0 Å². The van der Waals surface area contributed by atoms with Crippen molar-refractivity contribution >= 4 is 10.9 Å². The number of nitrogens with zero attached hydrogens (tertiary/aromatic N) is 1. The number of fused-ring (bicyclic) bond motifs is 3. The number of phenols is 1. The number of para-hydroxylation sites is 1. The van der Waals surface area contributed by atoms with Crippen molar-refractivity contribution in [3.8, 4) is 5.75 Å². The van der Waals surface area contributed by atoms with Crippen LogP contribution in [-0.4, -0.2) is 22.8 Å². The van der Waals surface area contributed by atoms with E-state index in [4.69, 9.17) is 0 Å². The largest absolute Gasteiger partial charge is 0.508 e. The van der Waals surface area contributed by atoms with Gasteiger partial charge >= 0.3 is 0 Å². The molecule has 4 rings (SSSR count). The van der Waals surface area contributed by atoms with Gasteiger partial charge in [-0.2, -0.15) is 0 Å². The van der Waals surface area contributed by atoms with E-state index >= 15 is 0 Å². The standard InChI is InChI=1S/C19H20N2O/c22-18-6-1-3-14(12-18)11-15-4-2-5-16-13-17-7-8-20-9-10-21(17)19(15)16/h1-6,12-13,20,22H,7-11H2. The van der Waals surface area contributed by atoms with Crippen LogP contribution < -0.4 is 5.32 Å². The van der Waals surface area contributed by atoms with Gasteiger partial charge in [0.2, 0.25) is 0 Å². The van der Waals surface area contributed by atoms with Crippen LogP contribution in [0.2, 0.25) is 0 Å². The van der Waals surface area contributed by atoms with Crippen LogP contribution in [0.5, 0.6) is 5.75 Å². The molecule has 1 aromatic heterocycles. The van der Waals surface area contributed by atoms with Crippen molar-refractivity contribution in [2.24, 2.45) is 0 Å². The third-order valence-electron chi connectivity index (χ3n) is 4.46. The average Bonchev–Trinajstić information content (AvgIpc) is 2.71.